The van der Waals surface area contributed by atoms with Crippen LogP contribution in [0.3, 0.4) is 0 Å². The minimum absolute atomic E-state index is 0.147. The van der Waals surface area contributed by atoms with Crippen LogP contribution in [0.2, 0.25) is 10.0 Å². The molecule has 0 aliphatic heterocycles. The summed E-state index contributed by atoms with van der Waals surface area (Å²) in [5.41, 5.74) is 2.65. The molecule has 3 heteroatoms. The molecule has 1 N–H and O–H groups in total. The van der Waals surface area contributed by atoms with Gasteiger partial charge in [0.15, 0.2) is 0 Å². The summed E-state index contributed by atoms with van der Waals surface area (Å²) in [5, 5.41) is 11.5. The van der Waals surface area contributed by atoms with Crippen molar-refractivity contribution in [3.63, 3.8) is 0 Å². The van der Waals surface area contributed by atoms with Crippen molar-refractivity contribution in [3.8, 4) is 11.8 Å². The summed E-state index contributed by atoms with van der Waals surface area (Å²) in [4.78, 5) is 0. The maximum Gasteiger partial charge on any atom is 0.119 e. The smallest absolute Gasteiger partial charge is 0.119 e. The van der Waals surface area contributed by atoms with Crippen LogP contribution in [-0.2, 0) is 5.41 Å². The van der Waals surface area contributed by atoms with E-state index in [1.807, 2.05) is 51.1 Å². The van der Waals surface area contributed by atoms with Crippen molar-refractivity contribution in [3.05, 3.63) is 69.2 Å². The molecule has 0 aliphatic carbocycles. The molecular formula is C24H28Cl2O. The fourth-order valence-corrected chi connectivity index (χ4v) is 3.71. The van der Waals surface area contributed by atoms with Gasteiger partial charge in [-0.25, -0.2) is 0 Å². The van der Waals surface area contributed by atoms with Crippen molar-refractivity contribution in [1.82, 2.24) is 0 Å². The first-order valence-corrected chi connectivity index (χ1v) is 10.2. The molecule has 1 unspecified atom stereocenters. The van der Waals surface area contributed by atoms with Gasteiger partial charge in [0.2, 0.25) is 0 Å². The van der Waals surface area contributed by atoms with Gasteiger partial charge in [-0.1, -0.05) is 87.9 Å². The minimum atomic E-state index is -0.704. The van der Waals surface area contributed by atoms with Gasteiger partial charge in [-0.05, 0) is 53.6 Å². The third kappa shape index (κ3) is 4.88. The van der Waals surface area contributed by atoms with E-state index in [0.717, 1.165) is 29.0 Å². The highest BCUT2D eigenvalue weighted by Crippen LogP contribution is 2.40. The number of aliphatic hydroxyl groups excluding tert-OH is 1. The summed E-state index contributed by atoms with van der Waals surface area (Å²) in [5.74, 6) is 5.94. The van der Waals surface area contributed by atoms with Crippen molar-refractivity contribution in [2.24, 2.45) is 5.41 Å². The van der Waals surface area contributed by atoms with E-state index in [1.165, 1.54) is 5.56 Å². The molecule has 0 aliphatic rings. The molecule has 0 aromatic heterocycles. The standard InChI is InChI=1S/C24H28Cl2O/c1-6-24(7-2,18-9-8-10-20(25)15-18)19-13-11-17(21(26)16-19)12-14-22(27)23(3,4)5/h8-11,13,15-16,22,27H,6-7H2,1-5H3. The zero-order chi connectivity index (χ0) is 20.2. The maximum absolute atomic E-state index is 10.1. The molecule has 27 heavy (non-hydrogen) atoms. The quantitative estimate of drug-likeness (QED) is 0.553. The van der Waals surface area contributed by atoms with Crippen molar-refractivity contribution in [1.29, 1.82) is 0 Å². The number of hydrogen-bond acceptors (Lipinski definition) is 1. The van der Waals surface area contributed by atoms with E-state index in [4.69, 9.17) is 23.2 Å². The predicted molar refractivity (Wildman–Crippen MR) is 117 cm³/mol. The Morgan fingerprint density at radius 2 is 1.59 bits per heavy atom. The lowest BCUT2D eigenvalue weighted by atomic mass is 9.70. The van der Waals surface area contributed by atoms with Crippen LogP contribution in [-0.4, -0.2) is 11.2 Å². The summed E-state index contributed by atoms with van der Waals surface area (Å²) in [7, 11) is 0. The molecule has 2 aromatic carbocycles. The minimum Gasteiger partial charge on any atom is -0.380 e. The number of halogens is 2. The van der Waals surface area contributed by atoms with Gasteiger partial charge in [-0.3, -0.25) is 0 Å². The Bertz CT molecular complexity index is 849. The van der Waals surface area contributed by atoms with Crippen molar-refractivity contribution >= 4 is 23.2 Å². The number of benzene rings is 2. The van der Waals surface area contributed by atoms with E-state index in [0.29, 0.717) is 5.02 Å². The molecule has 0 radical (unpaired) electrons. The van der Waals surface area contributed by atoms with Crippen LogP contribution in [0.5, 0.6) is 0 Å². The predicted octanol–water partition coefficient (Wildman–Crippen LogP) is 6.86. The second-order valence-corrected chi connectivity index (χ2v) is 8.88. The molecule has 2 aromatic rings. The Morgan fingerprint density at radius 3 is 2.11 bits per heavy atom. The molecule has 0 heterocycles. The largest absolute Gasteiger partial charge is 0.380 e. The van der Waals surface area contributed by atoms with Gasteiger partial charge in [0, 0.05) is 16.0 Å². The molecule has 1 atom stereocenters. The van der Waals surface area contributed by atoms with Gasteiger partial charge in [0.1, 0.15) is 6.10 Å². The first-order valence-electron chi connectivity index (χ1n) is 9.39. The lowest BCUT2D eigenvalue weighted by Gasteiger charge is -2.33. The highest BCUT2D eigenvalue weighted by atomic mass is 35.5. The van der Waals surface area contributed by atoms with Crippen molar-refractivity contribution < 1.29 is 5.11 Å². The molecule has 2 rings (SSSR count). The van der Waals surface area contributed by atoms with Crippen LogP contribution >= 0.6 is 23.2 Å². The normalized spacial score (nSPS) is 13.0. The number of aliphatic hydroxyl groups is 1. The second kappa shape index (κ2) is 8.70. The van der Waals surface area contributed by atoms with Crippen LogP contribution < -0.4 is 0 Å². The molecule has 0 saturated carbocycles. The lowest BCUT2D eigenvalue weighted by Crippen LogP contribution is -2.26. The Morgan fingerprint density at radius 1 is 0.963 bits per heavy atom. The van der Waals surface area contributed by atoms with E-state index < -0.39 is 6.10 Å². The molecule has 0 spiro atoms. The SMILES string of the molecule is CCC(CC)(c1cccc(Cl)c1)c1ccc(C#CC(O)C(C)(C)C)c(Cl)c1. The van der Waals surface area contributed by atoms with Gasteiger partial charge in [-0.15, -0.1) is 0 Å². The fourth-order valence-electron chi connectivity index (χ4n) is 3.30. The summed E-state index contributed by atoms with van der Waals surface area (Å²) in [6.45, 7) is 10.2. The van der Waals surface area contributed by atoms with Crippen molar-refractivity contribution in [2.75, 3.05) is 0 Å². The number of hydrogen-bond donors (Lipinski definition) is 1. The van der Waals surface area contributed by atoms with E-state index in [1.54, 1.807) is 0 Å². The molecule has 0 bridgehead atoms. The molecule has 0 saturated heterocycles. The Labute approximate surface area is 173 Å². The Balaban J connectivity index is 2.47. The molecular weight excluding hydrogens is 375 g/mol. The van der Waals surface area contributed by atoms with Crippen LogP contribution in [0, 0.1) is 17.3 Å². The Kier molecular flexibility index (Phi) is 7.03. The molecule has 144 valence electrons. The third-order valence-electron chi connectivity index (χ3n) is 5.27. The average Bonchev–Trinajstić information content (AvgIpc) is 2.61. The first-order chi connectivity index (χ1) is 12.6. The topological polar surface area (TPSA) is 20.2 Å². The molecule has 1 nitrogen and oxygen atoms in total. The second-order valence-electron chi connectivity index (χ2n) is 8.03. The zero-order valence-corrected chi connectivity index (χ0v) is 18.2. The van der Waals surface area contributed by atoms with E-state index in [-0.39, 0.29) is 10.8 Å². The summed E-state index contributed by atoms with van der Waals surface area (Å²) < 4.78 is 0. The van der Waals surface area contributed by atoms with E-state index in [9.17, 15) is 5.11 Å². The van der Waals surface area contributed by atoms with Crippen LogP contribution in [0.25, 0.3) is 0 Å². The summed E-state index contributed by atoms with van der Waals surface area (Å²) >= 11 is 12.8. The van der Waals surface area contributed by atoms with Crippen LogP contribution in [0.15, 0.2) is 42.5 Å². The van der Waals surface area contributed by atoms with Crippen LogP contribution in [0.1, 0.15) is 64.2 Å². The third-order valence-corrected chi connectivity index (χ3v) is 5.82. The highest BCUT2D eigenvalue weighted by molar-refractivity contribution is 6.32. The fraction of sp³-hybridized carbons (Fsp3) is 0.417. The maximum atomic E-state index is 10.1. The average molecular weight is 403 g/mol. The molecule has 0 fully saturated rings. The van der Waals surface area contributed by atoms with Gasteiger partial charge in [0.25, 0.3) is 0 Å². The van der Waals surface area contributed by atoms with Crippen molar-refractivity contribution in [2.45, 2.75) is 59.0 Å². The summed E-state index contributed by atoms with van der Waals surface area (Å²) in [6, 6.07) is 14.1. The monoisotopic (exact) mass is 402 g/mol. The van der Waals surface area contributed by atoms with Gasteiger partial charge < -0.3 is 5.11 Å². The first kappa shape index (κ1) is 21.8. The van der Waals surface area contributed by atoms with E-state index in [2.05, 4.69) is 37.8 Å². The van der Waals surface area contributed by atoms with Gasteiger partial charge >= 0.3 is 0 Å². The summed E-state index contributed by atoms with van der Waals surface area (Å²) in [6.07, 6.45) is 1.17. The zero-order valence-electron chi connectivity index (χ0n) is 16.7. The van der Waals surface area contributed by atoms with Gasteiger partial charge in [0.05, 0.1) is 5.02 Å². The van der Waals surface area contributed by atoms with E-state index >= 15 is 0 Å². The Hall–Kier alpha value is -1.46. The highest BCUT2D eigenvalue weighted by Gasteiger charge is 2.31. The lowest BCUT2D eigenvalue weighted by molar-refractivity contribution is 0.114. The molecule has 0 amide bonds. The van der Waals surface area contributed by atoms with Gasteiger partial charge in [-0.2, -0.15) is 0 Å². The number of rotatable bonds is 4. The van der Waals surface area contributed by atoms with Crippen LogP contribution in [0.4, 0.5) is 0 Å².